The van der Waals surface area contributed by atoms with Crippen molar-refractivity contribution in [3.05, 3.63) is 30.1 Å². The molecule has 0 radical (unpaired) electrons. The highest BCUT2D eigenvalue weighted by Gasteiger charge is 2.18. The largest absolute Gasteiger partial charge is 0.481 e. The van der Waals surface area contributed by atoms with Crippen LogP contribution >= 0.6 is 0 Å². The molecule has 1 unspecified atom stereocenters. The van der Waals surface area contributed by atoms with Gasteiger partial charge >= 0.3 is 0 Å². The molecule has 6 heteroatoms. The number of amides is 1. The summed E-state index contributed by atoms with van der Waals surface area (Å²) in [6, 6.07) is 5.69. The average Bonchev–Trinajstić information content (AvgIpc) is 2.55. The van der Waals surface area contributed by atoms with E-state index in [9.17, 15) is 9.18 Å². The molecule has 122 valence electrons. The molecule has 1 aromatic carbocycles. The second-order valence-corrected chi connectivity index (χ2v) is 5.21. The Kier molecular flexibility index (Phi) is 6.61. The zero-order valence-electron chi connectivity index (χ0n) is 12.9. The minimum Gasteiger partial charge on any atom is -0.481 e. The van der Waals surface area contributed by atoms with Crippen LogP contribution in [0.3, 0.4) is 0 Å². The van der Waals surface area contributed by atoms with E-state index in [1.165, 1.54) is 24.3 Å². The van der Waals surface area contributed by atoms with Crippen molar-refractivity contribution in [2.75, 3.05) is 39.4 Å². The molecular weight excluding hydrogens is 287 g/mol. The van der Waals surface area contributed by atoms with E-state index in [1.54, 1.807) is 0 Å². The van der Waals surface area contributed by atoms with Gasteiger partial charge in [-0.2, -0.15) is 0 Å². The average molecular weight is 310 g/mol. The molecule has 1 heterocycles. The van der Waals surface area contributed by atoms with Crippen molar-refractivity contribution in [2.45, 2.75) is 19.4 Å². The summed E-state index contributed by atoms with van der Waals surface area (Å²) in [5, 5.41) is 2.89. The van der Waals surface area contributed by atoms with Gasteiger partial charge in [0.15, 0.2) is 6.10 Å². The van der Waals surface area contributed by atoms with Gasteiger partial charge in [-0.1, -0.05) is 6.92 Å². The van der Waals surface area contributed by atoms with E-state index in [1.807, 2.05) is 6.92 Å². The van der Waals surface area contributed by atoms with Crippen molar-refractivity contribution in [3.63, 3.8) is 0 Å². The first kappa shape index (κ1) is 16.7. The van der Waals surface area contributed by atoms with Gasteiger partial charge in [-0.3, -0.25) is 9.69 Å². The van der Waals surface area contributed by atoms with E-state index in [2.05, 4.69) is 10.2 Å². The van der Waals surface area contributed by atoms with E-state index in [4.69, 9.17) is 9.47 Å². The summed E-state index contributed by atoms with van der Waals surface area (Å²) in [7, 11) is 0. The molecule has 1 saturated heterocycles. The summed E-state index contributed by atoms with van der Waals surface area (Å²) in [5.41, 5.74) is 0. The zero-order chi connectivity index (χ0) is 15.8. The van der Waals surface area contributed by atoms with Crippen LogP contribution in [-0.4, -0.2) is 56.3 Å². The molecule has 1 fully saturated rings. The molecule has 0 aliphatic carbocycles. The number of ether oxygens (including phenoxy) is 2. The van der Waals surface area contributed by atoms with Gasteiger partial charge in [0.1, 0.15) is 11.6 Å². The molecule has 1 atom stereocenters. The van der Waals surface area contributed by atoms with E-state index < -0.39 is 6.10 Å². The summed E-state index contributed by atoms with van der Waals surface area (Å²) in [6.45, 7) is 6.58. The van der Waals surface area contributed by atoms with Crippen LogP contribution in [-0.2, 0) is 9.53 Å². The van der Waals surface area contributed by atoms with Gasteiger partial charge in [0, 0.05) is 26.2 Å². The number of hydrogen-bond donors (Lipinski definition) is 1. The first-order valence-corrected chi connectivity index (χ1v) is 7.69. The van der Waals surface area contributed by atoms with Crippen molar-refractivity contribution in [1.82, 2.24) is 10.2 Å². The molecule has 0 aromatic heterocycles. The second kappa shape index (κ2) is 8.70. The smallest absolute Gasteiger partial charge is 0.261 e. The summed E-state index contributed by atoms with van der Waals surface area (Å²) >= 11 is 0. The van der Waals surface area contributed by atoms with E-state index in [0.29, 0.717) is 18.7 Å². The number of rotatable bonds is 7. The SMILES string of the molecule is CCC(Oc1ccc(F)cc1)C(=O)NCCN1CCOCC1. The molecule has 1 amide bonds. The van der Waals surface area contributed by atoms with Crippen molar-refractivity contribution in [1.29, 1.82) is 0 Å². The van der Waals surface area contributed by atoms with E-state index in [0.717, 1.165) is 32.8 Å². The van der Waals surface area contributed by atoms with E-state index in [-0.39, 0.29) is 11.7 Å². The number of nitrogens with one attached hydrogen (secondary N) is 1. The van der Waals surface area contributed by atoms with Crippen LogP contribution in [0.15, 0.2) is 24.3 Å². The Bertz CT molecular complexity index is 461. The highest BCUT2D eigenvalue weighted by Crippen LogP contribution is 2.14. The van der Waals surface area contributed by atoms with Crippen LogP contribution in [0.2, 0.25) is 0 Å². The summed E-state index contributed by atoms with van der Waals surface area (Å²) in [6.07, 6.45) is -0.00373. The predicted molar refractivity (Wildman–Crippen MR) is 81.4 cm³/mol. The fourth-order valence-corrected chi connectivity index (χ4v) is 2.28. The molecule has 0 saturated carbocycles. The first-order chi connectivity index (χ1) is 10.7. The van der Waals surface area contributed by atoms with Crippen molar-refractivity contribution >= 4 is 5.91 Å². The Labute approximate surface area is 130 Å². The maximum atomic E-state index is 12.9. The van der Waals surface area contributed by atoms with Crippen LogP contribution < -0.4 is 10.1 Å². The molecule has 22 heavy (non-hydrogen) atoms. The number of carbonyl (C=O) groups is 1. The lowest BCUT2D eigenvalue weighted by molar-refractivity contribution is -0.128. The normalized spacial score (nSPS) is 17.0. The van der Waals surface area contributed by atoms with Crippen LogP contribution in [0.25, 0.3) is 0 Å². The van der Waals surface area contributed by atoms with Crippen molar-refractivity contribution < 1.29 is 18.7 Å². The Morgan fingerprint density at radius 3 is 2.68 bits per heavy atom. The van der Waals surface area contributed by atoms with Gasteiger partial charge in [-0.15, -0.1) is 0 Å². The molecule has 5 nitrogen and oxygen atoms in total. The number of benzene rings is 1. The maximum absolute atomic E-state index is 12.9. The highest BCUT2D eigenvalue weighted by atomic mass is 19.1. The van der Waals surface area contributed by atoms with Crippen LogP contribution in [0.4, 0.5) is 4.39 Å². The third kappa shape index (κ3) is 5.27. The second-order valence-electron chi connectivity index (χ2n) is 5.21. The Balaban J connectivity index is 1.74. The molecule has 1 aromatic rings. The summed E-state index contributed by atoms with van der Waals surface area (Å²) in [4.78, 5) is 14.4. The number of hydrogen-bond acceptors (Lipinski definition) is 4. The fraction of sp³-hybridized carbons (Fsp3) is 0.562. The van der Waals surface area contributed by atoms with Gasteiger partial charge in [0.25, 0.3) is 5.91 Å². The van der Waals surface area contributed by atoms with Crippen LogP contribution in [0.5, 0.6) is 5.75 Å². The molecule has 1 aliphatic rings. The Morgan fingerprint density at radius 1 is 1.36 bits per heavy atom. The molecule has 0 bridgehead atoms. The monoisotopic (exact) mass is 310 g/mol. The van der Waals surface area contributed by atoms with Gasteiger partial charge in [0.2, 0.25) is 0 Å². The fourth-order valence-electron chi connectivity index (χ4n) is 2.28. The lowest BCUT2D eigenvalue weighted by atomic mass is 10.2. The summed E-state index contributed by atoms with van der Waals surface area (Å²) < 4.78 is 23.8. The minimum absolute atomic E-state index is 0.139. The number of morpholine rings is 1. The van der Waals surface area contributed by atoms with Gasteiger partial charge in [0.05, 0.1) is 13.2 Å². The number of halogens is 1. The predicted octanol–water partition coefficient (Wildman–Crippen LogP) is 1.43. The van der Waals surface area contributed by atoms with Crippen molar-refractivity contribution in [3.8, 4) is 5.75 Å². The van der Waals surface area contributed by atoms with Gasteiger partial charge in [-0.25, -0.2) is 4.39 Å². The quantitative estimate of drug-likeness (QED) is 0.828. The minimum atomic E-state index is -0.560. The highest BCUT2D eigenvalue weighted by molar-refractivity contribution is 5.81. The Morgan fingerprint density at radius 2 is 2.05 bits per heavy atom. The third-order valence-electron chi connectivity index (χ3n) is 3.59. The molecule has 1 aliphatic heterocycles. The van der Waals surface area contributed by atoms with Crippen LogP contribution in [0.1, 0.15) is 13.3 Å². The lowest BCUT2D eigenvalue weighted by Crippen LogP contribution is -2.44. The molecule has 0 spiro atoms. The zero-order valence-corrected chi connectivity index (χ0v) is 12.9. The topological polar surface area (TPSA) is 50.8 Å². The lowest BCUT2D eigenvalue weighted by Gasteiger charge is -2.26. The van der Waals surface area contributed by atoms with Crippen molar-refractivity contribution in [2.24, 2.45) is 0 Å². The number of nitrogens with zero attached hydrogens (tertiary/aromatic N) is 1. The molecular formula is C16H23FN2O3. The van der Waals surface area contributed by atoms with Gasteiger partial charge < -0.3 is 14.8 Å². The number of carbonyl (C=O) groups excluding carboxylic acids is 1. The standard InChI is InChI=1S/C16H23FN2O3/c1-2-15(22-14-5-3-13(17)4-6-14)16(20)18-7-8-19-9-11-21-12-10-19/h3-6,15H,2,7-12H2,1H3,(H,18,20). The Hall–Kier alpha value is -1.66. The molecule has 2 rings (SSSR count). The maximum Gasteiger partial charge on any atom is 0.261 e. The van der Waals surface area contributed by atoms with E-state index >= 15 is 0 Å². The van der Waals surface area contributed by atoms with Gasteiger partial charge in [-0.05, 0) is 30.7 Å². The summed E-state index contributed by atoms with van der Waals surface area (Å²) in [5.74, 6) is 0.0343. The molecule has 1 N–H and O–H groups in total. The van der Waals surface area contributed by atoms with Crippen LogP contribution in [0, 0.1) is 5.82 Å². The first-order valence-electron chi connectivity index (χ1n) is 7.69. The third-order valence-corrected chi connectivity index (χ3v) is 3.59.